The predicted octanol–water partition coefficient (Wildman–Crippen LogP) is 3.78. The van der Waals surface area contributed by atoms with Crippen molar-refractivity contribution < 1.29 is 9.66 Å². The predicted molar refractivity (Wildman–Crippen MR) is 80.6 cm³/mol. The van der Waals surface area contributed by atoms with Gasteiger partial charge in [-0.3, -0.25) is 10.1 Å². The summed E-state index contributed by atoms with van der Waals surface area (Å²) >= 11 is 0. The van der Waals surface area contributed by atoms with Gasteiger partial charge in [-0.2, -0.15) is 0 Å². The third-order valence-corrected chi connectivity index (χ3v) is 3.73. The lowest BCUT2D eigenvalue weighted by atomic mass is 9.92. The fourth-order valence-electron chi connectivity index (χ4n) is 2.57. The molecule has 0 aliphatic carbocycles. The Kier molecular flexibility index (Phi) is 3.48. The van der Waals surface area contributed by atoms with Crippen LogP contribution >= 0.6 is 0 Å². The van der Waals surface area contributed by atoms with E-state index in [1.54, 1.807) is 12.1 Å². The lowest BCUT2D eigenvalue weighted by Gasteiger charge is -2.32. The molecule has 0 radical (unpaired) electrons. The number of hydrogen-bond acceptors (Lipinski definition) is 4. The maximum Gasteiger partial charge on any atom is 0.269 e. The number of benzene rings is 2. The molecule has 1 heterocycles. The van der Waals surface area contributed by atoms with Crippen molar-refractivity contribution in [2.24, 2.45) is 5.92 Å². The van der Waals surface area contributed by atoms with Crippen molar-refractivity contribution in [1.29, 1.82) is 0 Å². The molecule has 3 rings (SSSR count). The zero-order chi connectivity index (χ0) is 14.8. The van der Waals surface area contributed by atoms with E-state index in [2.05, 4.69) is 12.2 Å². The Morgan fingerprint density at radius 1 is 1.19 bits per heavy atom. The lowest BCUT2D eigenvalue weighted by Crippen LogP contribution is -2.28. The summed E-state index contributed by atoms with van der Waals surface area (Å²) in [7, 11) is 0. The quantitative estimate of drug-likeness (QED) is 0.688. The molecule has 0 amide bonds. The summed E-state index contributed by atoms with van der Waals surface area (Å²) in [4.78, 5) is 10.3. The van der Waals surface area contributed by atoms with Crippen LogP contribution < -0.4 is 10.1 Å². The number of ether oxygens (including phenoxy) is 1. The van der Waals surface area contributed by atoms with Crippen LogP contribution in [0.2, 0.25) is 0 Å². The second-order valence-electron chi connectivity index (χ2n) is 5.25. The van der Waals surface area contributed by atoms with E-state index in [0.29, 0.717) is 12.5 Å². The molecular formula is C16H16N2O3. The van der Waals surface area contributed by atoms with E-state index < -0.39 is 4.92 Å². The van der Waals surface area contributed by atoms with Crippen molar-refractivity contribution in [3.63, 3.8) is 0 Å². The molecule has 5 heteroatoms. The molecule has 1 aliphatic rings. The monoisotopic (exact) mass is 284 g/mol. The number of rotatable bonds is 3. The van der Waals surface area contributed by atoms with Crippen molar-refractivity contribution in [3.05, 3.63) is 64.2 Å². The molecule has 2 atom stereocenters. The van der Waals surface area contributed by atoms with E-state index >= 15 is 0 Å². The third-order valence-electron chi connectivity index (χ3n) is 3.73. The minimum atomic E-state index is -0.393. The minimum absolute atomic E-state index is 0.0981. The van der Waals surface area contributed by atoms with Gasteiger partial charge < -0.3 is 10.1 Å². The maximum atomic E-state index is 10.7. The lowest BCUT2D eigenvalue weighted by molar-refractivity contribution is -0.384. The third kappa shape index (κ3) is 2.67. The van der Waals surface area contributed by atoms with E-state index in [1.165, 1.54) is 12.1 Å². The smallest absolute Gasteiger partial charge is 0.269 e. The van der Waals surface area contributed by atoms with E-state index in [9.17, 15) is 10.1 Å². The Morgan fingerprint density at radius 3 is 2.62 bits per heavy atom. The zero-order valence-corrected chi connectivity index (χ0v) is 11.7. The molecule has 0 saturated carbocycles. The summed E-state index contributed by atoms with van der Waals surface area (Å²) in [5.74, 6) is 1.21. The molecule has 0 bridgehead atoms. The molecule has 0 aromatic heterocycles. The Labute approximate surface area is 122 Å². The highest BCUT2D eigenvalue weighted by Crippen LogP contribution is 2.37. The first kappa shape index (κ1) is 13.4. The molecule has 0 spiro atoms. The average molecular weight is 284 g/mol. The van der Waals surface area contributed by atoms with Crippen LogP contribution in [-0.4, -0.2) is 11.5 Å². The molecule has 2 aromatic carbocycles. The van der Waals surface area contributed by atoms with Crippen LogP contribution in [-0.2, 0) is 0 Å². The summed E-state index contributed by atoms with van der Waals surface area (Å²) in [6.07, 6.45) is 0. The average Bonchev–Trinajstić information content (AvgIpc) is 2.51. The van der Waals surface area contributed by atoms with Crippen LogP contribution in [0.25, 0.3) is 0 Å². The van der Waals surface area contributed by atoms with Gasteiger partial charge in [-0.15, -0.1) is 0 Å². The van der Waals surface area contributed by atoms with Gasteiger partial charge >= 0.3 is 0 Å². The molecule has 21 heavy (non-hydrogen) atoms. The number of non-ortho nitro benzene ring substituents is 1. The molecule has 108 valence electrons. The SMILES string of the molecule is CC1COc2ccccc2C1Nc1ccc([N+](=O)[O-])cc1. The molecule has 1 aliphatic heterocycles. The second-order valence-corrected chi connectivity index (χ2v) is 5.25. The standard InChI is InChI=1S/C16H16N2O3/c1-11-10-21-15-5-3-2-4-14(15)16(11)17-12-6-8-13(9-7-12)18(19)20/h2-9,11,16-17H,10H2,1H3. The number of anilines is 1. The van der Waals surface area contributed by atoms with Crippen molar-refractivity contribution in [2.45, 2.75) is 13.0 Å². The summed E-state index contributed by atoms with van der Waals surface area (Å²) < 4.78 is 5.72. The summed E-state index contributed by atoms with van der Waals surface area (Å²) in [5, 5.41) is 14.1. The van der Waals surface area contributed by atoms with Crippen LogP contribution in [0, 0.1) is 16.0 Å². The van der Waals surface area contributed by atoms with Gasteiger partial charge in [-0.25, -0.2) is 0 Å². The maximum absolute atomic E-state index is 10.7. The van der Waals surface area contributed by atoms with Gasteiger partial charge in [0.15, 0.2) is 0 Å². The number of hydrogen-bond donors (Lipinski definition) is 1. The number of para-hydroxylation sites is 1. The van der Waals surface area contributed by atoms with Gasteiger partial charge in [0.05, 0.1) is 17.6 Å². The van der Waals surface area contributed by atoms with Crippen LogP contribution in [0.3, 0.4) is 0 Å². The van der Waals surface area contributed by atoms with Crippen LogP contribution in [0.4, 0.5) is 11.4 Å². The van der Waals surface area contributed by atoms with Crippen molar-refractivity contribution in [2.75, 3.05) is 11.9 Å². The Balaban J connectivity index is 1.85. The molecule has 2 aromatic rings. The van der Waals surface area contributed by atoms with Crippen molar-refractivity contribution in [1.82, 2.24) is 0 Å². The van der Waals surface area contributed by atoms with Gasteiger partial charge in [0.2, 0.25) is 0 Å². The highest BCUT2D eigenvalue weighted by atomic mass is 16.6. The summed E-state index contributed by atoms with van der Waals surface area (Å²) in [6, 6.07) is 14.6. The second kappa shape index (κ2) is 5.44. The molecule has 0 saturated heterocycles. The molecule has 2 unspecified atom stereocenters. The number of nitro groups is 1. The van der Waals surface area contributed by atoms with Crippen LogP contribution in [0.1, 0.15) is 18.5 Å². The molecule has 0 fully saturated rings. The van der Waals surface area contributed by atoms with E-state index in [0.717, 1.165) is 17.0 Å². The minimum Gasteiger partial charge on any atom is -0.493 e. The van der Waals surface area contributed by atoms with Crippen molar-refractivity contribution in [3.8, 4) is 5.75 Å². The van der Waals surface area contributed by atoms with Gasteiger partial charge in [0, 0.05) is 29.3 Å². The highest BCUT2D eigenvalue weighted by molar-refractivity contribution is 5.52. The fourth-order valence-corrected chi connectivity index (χ4v) is 2.57. The Morgan fingerprint density at radius 2 is 1.90 bits per heavy atom. The van der Waals surface area contributed by atoms with E-state index in [1.807, 2.05) is 24.3 Å². The van der Waals surface area contributed by atoms with Gasteiger partial charge in [-0.1, -0.05) is 25.1 Å². The normalized spacial score (nSPS) is 20.2. The molecule has 5 nitrogen and oxygen atoms in total. The van der Waals surface area contributed by atoms with Gasteiger partial charge in [0.1, 0.15) is 5.75 Å². The first-order valence-corrected chi connectivity index (χ1v) is 6.88. The van der Waals surface area contributed by atoms with Crippen LogP contribution in [0.5, 0.6) is 5.75 Å². The van der Waals surface area contributed by atoms with Gasteiger partial charge in [-0.05, 0) is 18.2 Å². The first-order chi connectivity index (χ1) is 10.1. The first-order valence-electron chi connectivity index (χ1n) is 6.88. The summed E-state index contributed by atoms with van der Waals surface area (Å²) in [6.45, 7) is 2.78. The number of nitro benzene ring substituents is 1. The molecule has 1 N–H and O–H groups in total. The Hall–Kier alpha value is -2.56. The van der Waals surface area contributed by atoms with Crippen molar-refractivity contribution >= 4 is 11.4 Å². The van der Waals surface area contributed by atoms with E-state index in [4.69, 9.17) is 4.74 Å². The van der Waals surface area contributed by atoms with Gasteiger partial charge in [0.25, 0.3) is 5.69 Å². The number of fused-ring (bicyclic) bond motifs is 1. The largest absolute Gasteiger partial charge is 0.493 e. The highest BCUT2D eigenvalue weighted by Gasteiger charge is 2.27. The molecular weight excluding hydrogens is 268 g/mol. The Bertz CT molecular complexity index is 655. The topological polar surface area (TPSA) is 64.4 Å². The zero-order valence-electron chi connectivity index (χ0n) is 11.7. The number of nitrogens with zero attached hydrogens (tertiary/aromatic N) is 1. The fraction of sp³-hybridized carbons (Fsp3) is 0.250. The van der Waals surface area contributed by atoms with Crippen LogP contribution in [0.15, 0.2) is 48.5 Å². The number of nitrogens with one attached hydrogen (secondary N) is 1. The summed E-state index contributed by atoms with van der Waals surface area (Å²) in [5.41, 5.74) is 2.09. The van der Waals surface area contributed by atoms with E-state index in [-0.39, 0.29) is 11.7 Å².